The van der Waals surface area contributed by atoms with Crippen molar-refractivity contribution in [2.24, 2.45) is 11.8 Å². The molecule has 1 atom stereocenters. The third kappa shape index (κ3) is 5.07. The highest BCUT2D eigenvalue weighted by Crippen LogP contribution is 2.41. The van der Waals surface area contributed by atoms with Crippen LogP contribution in [-0.2, 0) is 20.2 Å². The molecule has 2 aliphatic rings. The molecule has 6 heteroatoms. The van der Waals surface area contributed by atoms with Crippen LogP contribution in [0.5, 0.6) is 0 Å². The normalized spacial score (nSPS) is 19.5. The summed E-state index contributed by atoms with van der Waals surface area (Å²) in [4.78, 5) is 13.3. The molecule has 172 valence electrons. The molecule has 5 nitrogen and oxygen atoms in total. The van der Waals surface area contributed by atoms with Crippen LogP contribution >= 0.6 is 0 Å². The smallest absolute Gasteiger partial charge is 0.243 e. The van der Waals surface area contributed by atoms with Gasteiger partial charge in [-0.25, -0.2) is 8.42 Å². The van der Waals surface area contributed by atoms with Crippen molar-refractivity contribution in [3.63, 3.8) is 0 Å². The van der Waals surface area contributed by atoms with Crippen LogP contribution in [0.3, 0.4) is 0 Å². The van der Waals surface area contributed by atoms with Gasteiger partial charge in [-0.15, -0.1) is 0 Å². The third-order valence-corrected chi connectivity index (χ3v) is 8.65. The summed E-state index contributed by atoms with van der Waals surface area (Å²) in [5.74, 6) is 0.421. The van der Waals surface area contributed by atoms with Crippen LogP contribution in [0.15, 0.2) is 59.5 Å². The molecule has 1 amide bonds. The Morgan fingerprint density at radius 2 is 1.53 bits per heavy atom. The van der Waals surface area contributed by atoms with Crippen LogP contribution in [0.25, 0.3) is 0 Å². The summed E-state index contributed by atoms with van der Waals surface area (Å²) in [6.07, 6.45) is 3.39. The molecule has 0 aromatic heterocycles. The lowest BCUT2D eigenvalue weighted by atomic mass is 9.87. The Morgan fingerprint density at radius 1 is 0.938 bits per heavy atom. The molecule has 2 fully saturated rings. The number of hydrogen-bond donors (Lipinski definition) is 1. The van der Waals surface area contributed by atoms with Crippen molar-refractivity contribution in [3.05, 3.63) is 65.7 Å². The van der Waals surface area contributed by atoms with Gasteiger partial charge in [0, 0.05) is 19.0 Å². The van der Waals surface area contributed by atoms with Gasteiger partial charge in [0.05, 0.1) is 10.9 Å². The molecule has 1 aliphatic carbocycles. The van der Waals surface area contributed by atoms with Gasteiger partial charge in [-0.1, -0.05) is 63.2 Å². The molecule has 0 bridgehead atoms. The number of carbonyl (C=O) groups excluding carboxylic acids is 1. The second-order valence-corrected chi connectivity index (χ2v) is 12.1. The minimum Gasteiger partial charge on any atom is -0.349 e. The number of hydrogen-bond acceptors (Lipinski definition) is 3. The molecule has 0 spiro atoms. The molecule has 32 heavy (non-hydrogen) atoms. The quantitative estimate of drug-likeness (QED) is 0.691. The number of piperidine rings is 1. The Balaban J connectivity index is 1.37. The van der Waals surface area contributed by atoms with E-state index in [2.05, 4.69) is 38.2 Å². The molecule has 2 aromatic carbocycles. The number of nitrogens with one attached hydrogen (secondary N) is 1. The maximum Gasteiger partial charge on any atom is 0.243 e. The highest BCUT2D eigenvalue weighted by molar-refractivity contribution is 7.89. The summed E-state index contributed by atoms with van der Waals surface area (Å²) in [6.45, 7) is 7.08. The predicted molar refractivity (Wildman–Crippen MR) is 127 cm³/mol. The summed E-state index contributed by atoms with van der Waals surface area (Å²) in [5.41, 5.74) is 2.24. The van der Waals surface area contributed by atoms with Gasteiger partial charge in [0.1, 0.15) is 0 Å². The van der Waals surface area contributed by atoms with Gasteiger partial charge < -0.3 is 5.32 Å². The zero-order valence-corrected chi connectivity index (χ0v) is 20.1. The molecule has 1 saturated heterocycles. The van der Waals surface area contributed by atoms with E-state index in [1.807, 2.05) is 30.3 Å². The van der Waals surface area contributed by atoms with Crippen molar-refractivity contribution in [2.75, 3.05) is 13.1 Å². The van der Waals surface area contributed by atoms with Crippen molar-refractivity contribution in [3.8, 4) is 0 Å². The zero-order chi connectivity index (χ0) is 22.9. The first-order valence-corrected chi connectivity index (χ1v) is 13.1. The number of benzene rings is 2. The lowest BCUT2D eigenvalue weighted by Crippen LogP contribution is -2.44. The van der Waals surface area contributed by atoms with Gasteiger partial charge in [0.2, 0.25) is 15.9 Å². The average Bonchev–Trinajstić information content (AvgIpc) is 3.63. The van der Waals surface area contributed by atoms with Gasteiger partial charge in [-0.2, -0.15) is 4.31 Å². The summed E-state index contributed by atoms with van der Waals surface area (Å²) < 4.78 is 27.7. The molecule has 1 heterocycles. The van der Waals surface area contributed by atoms with Gasteiger partial charge in [0.15, 0.2) is 0 Å². The predicted octanol–water partition coefficient (Wildman–Crippen LogP) is 4.65. The Labute approximate surface area is 192 Å². The standard InChI is InChI=1S/C26H34N2O3S/c1-26(2,3)22-11-13-23(14-12-22)32(30,31)28-17-15-21(16-18-28)25(29)27-24(20-9-10-20)19-7-5-4-6-8-19/h4-8,11-14,20-21,24H,9-10,15-18H2,1-3H3,(H,27,29). The molecule has 0 radical (unpaired) electrons. The summed E-state index contributed by atoms with van der Waals surface area (Å²) in [5, 5.41) is 3.26. The minimum atomic E-state index is -3.54. The SMILES string of the molecule is CC(C)(C)c1ccc(S(=O)(=O)N2CCC(C(=O)NC(c3ccccc3)C3CC3)CC2)cc1. The van der Waals surface area contributed by atoms with Crippen molar-refractivity contribution in [1.29, 1.82) is 0 Å². The van der Waals surface area contributed by atoms with E-state index in [4.69, 9.17) is 0 Å². The number of rotatable bonds is 6. The largest absolute Gasteiger partial charge is 0.349 e. The highest BCUT2D eigenvalue weighted by atomic mass is 32.2. The van der Waals surface area contributed by atoms with E-state index >= 15 is 0 Å². The van der Waals surface area contributed by atoms with Crippen LogP contribution < -0.4 is 5.32 Å². The Hall–Kier alpha value is -2.18. The summed E-state index contributed by atoms with van der Waals surface area (Å²) in [6, 6.07) is 17.4. The van der Waals surface area contributed by atoms with Crippen LogP contribution in [-0.4, -0.2) is 31.7 Å². The maximum atomic E-state index is 13.1. The van der Waals surface area contributed by atoms with Crippen LogP contribution in [0, 0.1) is 11.8 Å². The van der Waals surface area contributed by atoms with E-state index in [9.17, 15) is 13.2 Å². The van der Waals surface area contributed by atoms with Crippen LogP contribution in [0.1, 0.15) is 63.6 Å². The lowest BCUT2D eigenvalue weighted by molar-refractivity contribution is -0.127. The number of sulfonamides is 1. The van der Waals surface area contributed by atoms with Crippen molar-refractivity contribution >= 4 is 15.9 Å². The van der Waals surface area contributed by atoms with Crippen molar-refractivity contribution in [2.45, 2.75) is 62.8 Å². The van der Waals surface area contributed by atoms with E-state index in [0.717, 1.165) is 24.0 Å². The number of nitrogens with zero attached hydrogens (tertiary/aromatic N) is 1. The first-order chi connectivity index (χ1) is 15.2. The zero-order valence-electron chi connectivity index (χ0n) is 19.3. The fourth-order valence-electron chi connectivity index (χ4n) is 4.47. The van der Waals surface area contributed by atoms with Gasteiger partial charge in [-0.3, -0.25) is 4.79 Å². The molecule has 1 aliphatic heterocycles. The molecule has 1 unspecified atom stereocenters. The minimum absolute atomic E-state index is 0.0218. The van der Waals surface area contributed by atoms with Crippen LogP contribution in [0.2, 0.25) is 0 Å². The Bertz CT molecular complexity index is 1030. The fourth-order valence-corrected chi connectivity index (χ4v) is 5.94. The average molecular weight is 455 g/mol. The summed E-state index contributed by atoms with van der Waals surface area (Å²) >= 11 is 0. The van der Waals surface area contributed by atoms with E-state index in [0.29, 0.717) is 36.7 Å². The molecule has 1 saturated carbocycles. The van der Waals surface area contributed by atoms with Crippen LogP contribution in [0.4, 0.5) is 0 Å². The monoisotopic (exact) mass is 454 g/mol. The second-order valence-electron chi connectivity index (χ2n) is 10.2. The number of carbonyl (C=O) groups is 1. The molecular weight excluding hydrogens is 420 g/mol. The van der Waals surface area contributed by atoms with E-state index in [1.165, 1.54) is 4.31 Å². The Kier molecular flexibility index (Phi) is 6.46. The molecular formula is C26H34N2O3S. The number of amides is 1. The fraction of sp³-hybridized carbons (Fsp3) is 0.500. The van der Waals surface area contributed by atoms with E-state index in [1.54, 1.807) is 12.1 Å². The molecule has 4 rings (SSSR count). The van der Waals surface area contributed by atoms with Crippen molar-refractivity contribution < 1.29 is 13.2 Å². The van der Waals surface area contributed by atoms with E-state index < -0.39 is 10.0 Å². The lowest BCUT2D eigenvalue weighted by Gasteiger charge is -2.32. The Morgan fingerprint density at radius 3 is 2.06 bits per heavy atom. The van der Waals surface area contributed by atoms with E-state index in [-0.39, 0.29) is 23.3 Å². The first-order valence-electron chi connectivity index (χ1n) is 11.6. The molecule has 1 N–H and O–H groups in total. The second kappa shape index (κ2) is 8.99. The summed E-state index contributed by atoms with van der Waals surface area (Å²) in [7, 11) is -3.54. The van der Waals surface area contributed by atoms with Gasteiger partial charge in [0.25, 0.3) is 0 Å². The van der Waals surface area contributed by atoms with Gasteiger partial charge >= 0.3 is 0 Å². The topological polar surface area (TPSA) is 66.5 Å². The first kappa shape index (κ1) is 23.0. The van der Waals surface area contributed by atoms with Crippen molar-refractivity contribution in [1.82, 2.24) is 9.62 Å². The highest BCUT2D eigenvalue weighted by Gasteiger charge is 2.37. The molecule has 2 aromatic rings. The van der Waals surface area contributed by atoms with Gasteiger partial charge in [-0.05, 0) is 60.3 Å². The maximum absolute atomic E-state index is 13.1. The third-order valence-electron chi connectivity index (χ3n) is 6.73.